The standard InChI is InChI=1S/C23H23N3OS.C2H6/c1-2-3-13-25-23(27)16-11-12-21-19(15-16)26-22(18-9-6-7-14-24-18)17-8-4-5-10-20(17)28-21;1-2/h4-12,14,16H,2-3,13,15H2,1H3,(H,25,27);1-2H3. The highest BCUT2D eigenvalue weighted by Crippen LogP contribution is 2.41. The third-order valence-electron chi connectivity index (χ3n) is 4.86. The van der Waals surface area contributed by atoms with Crippen molar-refractivity contribution in [2.24, 2.45) is 10.9 Å². The molecule has 0 saturated carbocycles. The number of nitrogens with one attached hydrogen (secondary N) is 1. The molecule has 0 spiro atoms. The number of carbonyl (C=O) groups is 1. The summed E-state index contributed by atoms with van der Waals surface area (Å²) in [4.78, 5) is 24.4. The lowest BCUT2D eigenvalue weighted by Gasteiger charge is -2.19. The summed E-state index contributed by atoms with van der Waals surface area (Å²) in [6.07, 6.45) is 8.54. The van der Waals surface area contributed by atoms with Crippen LogP contribution in [0.2, 0.25) is 0 Å². The van der Waals surface area contributed by atoms with E-state index in [0.29, 0.717) is 6.42 Å². The second kappa shape index (κ2) is 10.9. The van der Waals surface area contributed by atoms with Crippen molar-refractivity contribution in [2.45, 2.75) is 44.9 Å². The quantitative estimate of drug-likeness (QED) is 0.627. The van der Waals surface area contributed by atoms with Gasteiger partial charge in [-0.3, -0.25) is 9.78 Å². The maximum absolute atomic E-state index is 12.6. The lowest BCUT2D eigenvalue weighted by Crippen LogP contribution is -2.31. The monoisotopic (exact) mass is 419 g/mol. The maximum atomic E-state index is 12.6. The van der Waals surface area contributed by atoms with Crippen molar-refractivity contribution < 1.29 is 4.79 Å². The molecule has 1 amide bonds. The van der Waals surface area contributed by atoms with Crippen LogP contribution in [-0.4, -0.2) is 23.1 Å². The summed E-state index contributed by atoms with van der Waals surface area (Å²) in [6, 6.07) is 14.2. The predicted molar refractivity (Wildman–Crippen MR) is 126 cm³/mol. The Morgan fingerprint density at radius 1 is 1.17 bits per heavy atom. The summed E-state index contributed by atoms with van der Waals surface area (Å²) in [6.45, 7) is 6.85. The van der Waals surface area contributed by atoms with Gasteiger partial charge in [-0.2, -0.15) is 0 Å². The summed E-state index contributed by atoms with van der Waals surface area (Å²) >= 11 is 1.71. The molecule has 5 heteroatoms. The van der Waals surface area contributed by atoms with E-state index < -0.39 is 0 Å². The Morgan fingerprint density at radius 2 is 1.97 bits per heavy atom. The molecule has 1 aliphatic heterocycles. The van der Waals surface area contributed by atoms with Gasteiger partial charge < -0.3 is 5.32 Å². The van der Waals surface area contributed by atoms with E-state index in [1.807, 2.05) is 50.3 Å². The van der Waals surface area contributed by atoms with Crippen molar-refractivity contribution in [1.29, 1.82) is 0 Å². The number of nitrogens with zero attached hydrogens (tertiary/aromatic N) is 2. The molecule has 2 aromatic rings. The van der Waals surface area contributed by atoms with Crippen molar-refractivity contribution in [1.82, 2.24) is 10.3 Å². The van der Waals surface area contributed by atoms with Crippen LogP contribution in [0, 0.1) is 5.92 Å². The number of amides is 1. The molecule has 4 nitrogen and oxygen atoms in total. The maximum Gasteiger partial charge on any atom is 0.227 e. The number of benzene rings is 1. The minimum Gasteiger partial charge on any atom is -0.356 e. The average molecular weight is 420 g/mol. The smallest absolute Gasteiger partial charge is 0.227 e. The van der Waals surface area contributed by atoms with E-state index in [1.165, 1.54) is 0 Å². The van der Waals surface area contributed by atoms with Gasteiger partial charge >= 0.3 is 0 Å². The number of hydrogen-bond donors (Lipinski definition) is 1. The molecule has 156 valence electrons. The Bertz CT molecular complexity index is 963. The molecule has 1 aliphatic carbocycles. The van der Waals surface area contributed by atoms with E-state index in [9.17, 15) is 4.79 Å². The van der Waals surface area contributed by atoms with Crippen LogP contribution in [0.1, 0.15) is 51.3 Å². The number of allylic oxidation sites excluding steroid dienone is 2. The highest BCUT2D eigenvalue weighted by Gasteiger charge is 2.26. The average Bonchev–Trinajstić information content (AvgIpc) is 2.97. The number of aliphatic imine (C=N–C) groups is 1. The van der Waals surface area contributed by atoms with Crippen LogP contribution >= 0.6 is 11.8 Å². The first-order chi connectivity index (χ1) is 14.8. The van der Waals surface area contributed by atoms with Crippen molar-refractivity contribution in [3.8, 4) is 0 Å². The fourth-order valence-electron chi connectivity index (χ4n) is 3.33. The van der Waals surface area contributed by atoms with Crippen molar-refractivity contribution in [3.63, 3.8) is 0 Å². The number of aromatic nitrogens is 1. The second-order valence-electron chi connectivity index (χ2n) is 6.90. The zero-order valence-corrected chi connectivity index (χ0v) is 18.7. The zero-order valence-electron chi connectivity index (χ0n) is 17.9. The Balaban J connectivity index is 0.00000124. The number of fused-ring (bicyclic) bond motifs is 1. The van der Waals surface area contributed by atoms with Crippen LogP contribution in [0.3, 0.4) is 0 Å². The van der Waals surface area contributed by atoms with E-state index in [4.69, 9.17) is 4.99 Å². The van der Waals surface area contributed by atoms with Crippen LogP contribution in [0.25, 0.3) is 0 Å². The van der Waals surface area contributed by atoms with Gasteiger partial charge in [0.1, 0.15) is 0 Å². The summed E-state index contributed by atoms with van der Waals surface area (Å²) in [5.41, 5.74) is 3.76. The molecule has 1 aromatic carbocycles. The van der Waals surface area contributed by atoms with Gasteiger partial charge in [0.05, 0.1) is 23.0 Å². The van der Waals surface area contributed by atoms with E-state index in [0.717, 1.165) is 51.9 Å². The lowest BCUT2D eigenvalue weighted by atomic mass is 9.96. The summed E-state index contributed by atoms with van der Waals surface area (Å²) < 4.78 is 0. The van der Waals surface area contributed by atoms with Crippen LogP contribution < -0.4 is 5.32 Å². The molecule has 1 atom stereocenters. The second-order valence-corrected chi connectivity index (χ2v) is 7.98. The van der Waals surface area contributed by atoms with Crippen molar-refractivity contribution in [3.05, 3.63) is 82.7 Å². The Labute approximate surface area is 183 Å². The topological polar surface area (TPSA) is 54.4 Å². The minimum absolute atomic E-state index is 0.0811. The summed E-state index contributed by atoms with van der Waals surface area (Å²) in [7, 11) is 0. The lowest BCUT2D eigenvalue weighted by molar-refractivity contribution is -0.123. The molecule has 1 unspecified atom stereocenters. The molecule has 4 rings (SSSR count). The fraction of sp³-hybridized carbons (Fsp3) is 0.320. The molecule has 1 N–H and O–H groups in total. The molecule has 0 saturated heterocycles. The van der Waals surface area contributed by atoms with E-state index in [2.05, 4.69) is 35.4 Å². The first-order valence-electron chi connectivity index (χ1n) is 10.7. The van der Waals surface area contributed by atoms with E-state index >= 15 is 0 Å². The minimum atomic E-state index is -0.175. The van der Waals surface area contributed by atoms with Gasteiger partial charge in [-0.05, 0) is 30.7 Å². The molecule has 0 fully saturated rings. The van der Waals surface area contributed by atoms with Gasteiger partial charge in [0.15, 0.2) is 0 Å². The molecule has 0 bridgehead atoms. The van der Waals surface area contributed by atoms with Crippen LogP contribution in [0.4, 0.5) is 0 Å². The number of rotatable bonds is 5. The summed E-state index contributed by atoms with van der Waals surface area (Å²) in [5.74, 6) is -0.0938. The van der Waals surface area contributed by atoms with Crippen LogP contribution in [0.15, 0.2) is 81.3 Å². The highest BCUT2D eigenvalue weighted by molar-refractivity contribution is 8.03. The molecular formula is C25H29N3OS. The van der Waals surface area contributed by atoms with Crippen molar-refractivity contribution in [2.75, 3.05) is 6.54 Å². The largest absolute Gasteiger partial charge is 0.356 e. The van der Waals surface area contributed by atoms with Gasteiger partial charge in [-0.25, -0.2) is 4.99 Å². The molecular weight excluding hydrogens is 390 g/mol. The first kappa shape index (κ1) is 22.0. The molecule has 1 aromatic heterocycles. The highest BCUT2D eigenvalue weighted by atomic mass is 32.2. The number of carbonyl (C=O) groups excluding carboxylic acids is 1. The molecule has 30 heavy (non-hydrogen) atoms. The van der Waals surface area contributed by atoms with Gasteiger partial charge in [0.2, 0.25) is 5.91 Å². The zero-order chi connectivity index (χ0) is 21.3. The van der Waals surface area contributed by atoms with Gasteiger partial charge in [-0.15, -0.1) is 0 Å². The van der Waals surface area contributed by atoms with Crippen LogP contribution in [-0.2, 0) is 4.79 Å². The van der Waals surface area contributed by atoms with Crippen molar-refractivity contribution >= 4 is 23.4 Å². The third-order valence-corrected chi connectivity index (χ3v) is 6.03. The number of pyridine rings is 1. The van der Waals surface area contributed by atoms with E-state index in [1.54, 1.807) is 18.0 Å². The third kappa shape index (κ3) is 5.08. The van der Waals surface area contributed by atoms with Gasteiger partial charge in [0, 0.05) is 34.5 Å². The Hall–Kier alpha value is -2.66. The molecule has 0 radical (unpaired) electrons. The predicted octanol–water partition coefficient (Wildman–Crippen LogP) is 5.75. The Morgan fingerprint density at radius 3 is 2.73 bits per heavy atom. The van der Waals surface area contributed by atoms with Gasteiger partial charge in [0.25, 0.3) is 0 Å². The van der Waals surface area contributed by atoms with Crippen LogP contribution in [0.5, 0.6) is 0 Å². The first-order valence-corrected chi connectivity index (χ1v) is 11.5. The number of thioether (sulfide) groups is 1. The van der Waals surface area contributed by atoms with Gasteiger partial charge in [-0.1, -0.05) is 69.3 Å². The van der Waals surface area contributed by atoms with E-state index in [-0.39, 0.29) is 11.8 Å². The number of unbranched alkanes of at least 4 members (excludes halogenated alkanes) is 1. The Kier molecular flexibility index (Phi) is 8.03. The molecule has 2 aliphatic rings. The fourth-order valence-corrected chi connectivity index (χ4v) is 4.38. The SMILES string of the molecule is CC.CCCCNC(=O)C1C=CC2=C(C1)N=C(c1ccccn1)c1ccccc1S2. The summed E-state index contributed by atoms with van der Waals surface area (Å²) in [5, 5.41) is 3.04. The molecule has 2 heterocycles. The number of hydrogen-bond acceptors (Lipinski definition) is 4. The normalized spacial score (nSPS) is 17.0.